The molecule has 3 aliphatic rings. The summed E-state index contributed by atoms with van der Waals surface area (Å²) in [5.41, 5.74) is 5.17. The first kappa shape index (κ1) is 12.8. The van der Waals surface area contributed by atoms with Crippen molar-refractivity contribution in [3.05, 3.63) is 0 Å². The molecule has 11 nitrogen and oxygen atoms in total. The molecule has 0 aromatic carbocycles. The van der Waals surface area contributed by atoms with Crippen LogP contribution in [0.25, 0.3) is 0 Å². The Labute approximate surface area is 98.9 Å². The Hall–Kier alpha value is -0.170. The van der Waals surface area contributed by atoms with Crippen LogP contribution in [-0.2, 0) is 22.9 Å². The third-order valence-electron chi connectivity index (χ3n) is 3.09. The highest BCUT2D eigenvalue weighted by atomic mass is 31.2. The first-order chi connectivity index (χ1) is 8.04. The standard InChI is InChI=1S/C6H10NO10P/c7-6(12)5(11)4(10)3(9,2(1-8)14-6)15-18(13,16-4)17-5/h2,8-12H,1,7H2/t2-,3+,4+,5-,6?,18?/m1/s1. The van der Waals surface area contributed by atoms with Crippen molar-refractivity contribution in [2.24, 2.45) is 5.73 Å². The molecule has 2 unspecified atom stereocenters. The highest BCUT2D eigenvalue weighted by Crippen LogP contribution is 2.77. The lowest BCUT2D eigenvalue weighted by Crippen LogP contribution is -2.86. The van der Waals surface area contributed by atoms with E-state index in [0.29, 0.717) is 0 Å². The van der Waals surface area contributed by atoms with E-state index in [1.165, 1.54) is 0 Å². The lowest BCUT2D eigenvalue weighted by molar-refractivity contribution is -0.530. The number of phosphoric acid groups is 1. The zero-order chi connectivity index (χ0) is 13.6. The van der Waals surface area contributed by atoms with Gasteiger partial charge in [0.15, 0.2) is 0 Å². The summed E-state index contributed by atoms with van der Waals surface area (Å²) in [6.07, 6.45) is -1.84. The van der Waals surface area contributed by atoms with Crippen LogP contribution in [0.2, 0.25) is 0 Å². The zero-order valence-electron chi connectivity index (χ0n) is 8.59. The predicted octanol–water partition coefficient (Wildman–Crippen LogP) is -3.77. The fourth-order valence-corrected chi connectivity index (χ4v) is 4.02. The van der Waals surface area contributed by atoms with Crippen LogP contribution in [0.1, 0.15) is 0 Å². The van der Waals surface area contributed by atoms with E-state index in [1.54, 1.807) is 0 Å². The van der Waals surface area contributed by atoms with Crippen LogP contribution in [0.15, 0.2) is 0 Å². The van der Waals surface area contributed by atoms with E-state index in [0.717, 1.165) is 0 Å². The van der Waals surface area contributed by atoms with Crippen molar-refractivity contribution in [2.45, 2.75) is 29.4 Å². The molecule has 0 aromatic heterocycles. The van der Waals surface area contributed by atoms with E-state index in [9.17, 15) is 25.0 Å². The molecule has 0 spiro atoms. The van der Waals surface area contributed by atoms with Gasteiger partial charge in [-0.3, -0.25) is 5.73 Å². The third kappa shape index (κ3) is 1.04. The van der Waals surface area contributed by atoms with Gasteiger partial charge in [-0.25, -0.2) is 18.1 Å². The maximum atomic E-state index is 11.8. The molecular formula is C6H10NO10P. The van der Waals surface area contributed by atoms with Gasteiger partial charge in [-0.15, -0.1) is 0 Å². The molecule has 3 rings (SSSR count). The number of aliphatic hydroxyl groups excluding tert-OH is 1. The summed E-state index contributed by atoms with van der Waals surface area (Å²) in [7, 11) is -4.56. The Morgan fingerprint density at radius 2 is 1.67 bits per heavy atom. The SMILES string of the molecule is NC1(O)O[C@H](CO)[C@]2(O)OP3(=O)O[C@]2(O)[C@@]1(O)O3. The molecule has 3 fully saturated rings. The highest BCUT2D eigenvalue weighted by molar-refractivity contribution is 7.49. The van der Waals surface area contributed by atoms with E-state index < -0.39 is 43.8 Å². The second-order valence-corrected chi connectivity index (χ2v) is 5.63. The molecule has 0 aliphatic carbocycles. The van der Waals surface area contributed by atoms with Crippen molar-refractivity contribution in [3.8, 4) is 0 Å². The monoisotopic (exact) mass is 287 g/mol. The second kappa shape index (κ2) is 2.95. The average Bonchev–Trinajstić information content (AvgIpc) is 2.55. The van der Waals surface area contributed by atoms with Crippen LogP contribution >= 0.6 is 7.82 Å². The Balaban J connectivity index is 2.23. The number of hydrogen-bond donors (Lipinski definition) is 6. The number of rotatable bonds is 1. The van der Waals surface area contributed by atoms with Crippen LogP contribution in [0.3, 0.4) is 0 Å². The average molecular weight is 287 g/mol. The minimum absolute atomic E-state index is 0.988. The minimum atomic E-state index is -4.56. The lowest BCUT2D eigenvalue weighted by Gasteiger charge is -2.54. The Morgan fingerprint density at radius 1 is 1.11 bits per heavy atom. The molecule has 3 saturated heterocycles. The van der Waals surface area contributed by atoms with Gasteiger partial charge in [0.2, 0.25) is 0 Å². The van der Waals surface area contributed by atoms with Crippen molar-refractivity contribution in [2.75, 3.05) is 6.61 Å². The molecule has 7 N–H and O–H groups in total. The van der Waals surface area contributed by atoms with Gasteiger partial charge in [-0.2, -0.15) is 0 Å². The van der Waals surface area contributed by atoms with Crippen molar-refractivity contribution >= 4 is 7.82 Å². The number of ether oxygens (including phenoxy) is 1. The molecule has 0 saturated carbocycles. The molecule has 3 heterocycles. The molecule has 3 aliphatic heterocycles. The fourth-order valence-electron chi connectivity index (χ4n) is 2.17. The quantitative estimate of drug-likeness (QED) is 0.206. The Morgan fingerprint density at radius 3 is 2.17 bits per heavy atom. The Bertz CT molecular complexity index is 469. The third-order valence-corrected chi connectivity index (χ3v) is 4.57. The highest BCUT2D eigenvalue weighted by Gasteiger charge is 2.92. The van der Waals surface area contributed by atoms with E-state index in [4.69, 9.17) is 10.8 Å². The summed E-state index contributed by atoms with van der Waals surface area (Å²) in [4.78, 5) is 0. The maximum absolute atomic E-state index is 11.8. The molecule has 0 aromatic rings. The van der Waals surface area contributed by atoms with Crippen LogP contribution in [0, 0.1) is 0 Å². The van der Waals surface area contributed by atoms with Gasteiger partial charge in [0, 0.05) is 0 Å². The van der Waals surface area contributed by atoms with Crippen LogP contribution in [0.5, 0.6) is 0 Å². The summed E-state index contributed by atoms with van der Waals surface area (Å²) < 4.78 is 29.6. The van der Waals surface area contributed by atoms with E-state index in [2.05, 4.69) is 18.3 Å². The normalized spacial score (nSPS) is 66.4. The summed E-state index contributed by atoms with van der Waals surface area (Å²) >= 11 is 0. The first-order valence-corrected chi connectivity index (χ1v) is 6.19. The van der Waals surface area contributed by atoms with Crippen molar-refractivity contribution in [1.82, 2.24) is 0 Å². The molecule has 2 bridgehead atoms. The smallest absolute Gasteiger partial charge is 0.393 e. The van der Waals surface area contributed by atoms with E-state index in [-0.39, 0.29) is 0 Å². The molecule has 12 heteroatoms. The summed E-state index contributed by atoms with van der Waals surface area (Å²) in [5, 5.41) is 48.7. The van der Waals surface area contributed by atoms with Crippen molar-refractivity contribution < 1.29 is 48.4 Å². The molecule has 6 atom stereocenters. The van der Waals surface area contributed by atoms with Crippen LogP contribution in [0.4, 0.5) is 0 Å². The van der Waals surface area contributed by atoms with E-state index in [1.807, 2.05) is 0 Å². The zero-order valence-corrected chi connectivity index (χ0v) is 9.48. The van der Waals surface area contributed by atoms with Gasteiger partial charge in [-0.1, -0.05) is 0 Å². The molecule has 104 valence electrons. The Kier molecular flexibility index (Phi) is 2.10. The molecular weight excluding hydrogens is 277 g/mol. The summed E-state index contributed by atoms with van der Waals surface area (Å²) in [6.45, 7) is -0.988. The summed E-state index contributed by atoms with van der Waals surface area (Å²) in [5.74, 6) is -12.5. The molecule has 0 amide bonds. The topological polar surface area (TPSA) is 181 Å². The molecule has 0 radical (unpaired) electrons. The van der Waals surface area contributed by atoms with Crippen LogP contribution in [-0.4, -0.2) is 61.5 Å². The first-order valence-electron chi connectivity index (χ1n) is 4.73. The van der Waals surface area contributed by atoms with Gasteiger partial charge in [0.1, 0.15) is 6.10 Å². The number of phosphoric ester groups is 1. The van der Waals surface area contributed by atoms with Crippen molar-refractivity contribution in [3.63, 3.8) is 0 Å². The van der Waals surface area contributed by atoms with Gasteiger partial charge < -0.3 is 30.3 Å². The van der Waals surface area contributed by atoms with Crippen molar-refractivity contribution in [1.29, 1.82) is 0 Å². The second-order valence-electron chi connectivity index (χ2n) is 4.19. The summed E-state index contributed by atoms with van der Waals surface area (Å²) in [6, 6.07) is 0. The largest absolute Gasteiger partial charge is 0.483 e. The van der Waals surface area contributed by atoms with Gasteiger partial charge in [0.05, 0.1) is 6.61 Å². The number of fused-ring (bicyclic) bond motifs is 1. The van der Waals surface area contributed by atoms with Crippen LogP contribution < -0.4 is 5.73 Å². The fraction of sp³-hybridized carbons (Fsp3) is 1.00. The van der Waals surface area contributed by atoms with Gasteiger partial charge >= 0.3 is 13.6 Å². The lowest BCUT2D eigenvalue weighted by atomic mass is 9.86. The molecule has 18 heavy (non-hydrogen) atoms. The number of hydrogen-bond acceptors (Lipinski definition) is 11. The number of aliphatic hydroxyl groups is 5. The predicted molar refractivity (Wildman–Crippen MR) is 46.8 cm³/mol. The minimum Gasteiger partial charge on any atom is -0.393 e. The van der Waals surface area contributed by atoms with Gasteiger partial charge in [-0.05, 0) is 0 Å². The maximum Gasteiger partial charge on any atom is 0.483 e. The van der Waals surface area contributed by atoms with Gasteiger partial charge in [0.25, 0.3) is 17.5 Å². The number of nitrogens with two attached hydrogens (primary N) is 1. The van der Waals surface area contributed by atoms with E-state index >= 15 is 0 Å².